The highest BCUT2D eigenvalue weighted by Crippen LogP contribution is 1.91. The highest BCUT2D eigenvalue weighted by Gasteiger charge is 1.75. The van der Waals surface area contributed by atoms with Gasteiger partial charge in [0.1, 0.15) is 0 Å². The summed E-state index contributed by atoms with van der Waals surface area (Å²) >= 11 is 0. The lowest BCUT2D eigenvalue weighted by molar-refractivity contribution is 1.49. The smallest absolute Gasteiger partial charge is 0.00118 e. The Kier molecular flexibility index (Phi) is 3.40. The van der Waals surface area contributed by atoms with Crippen molar-refractivity contribution in [3.05, 3.63) is 36.7 Å². The van der Waals surface area contributed by atoms with Gasteiger partial charge >= 0.3 is 0 Å². The average molecular weight is 110 g/mol. The van der Waals surface area contributed by atoms with E-state index in [4.69, 9.17) is 11.5 Å². The van der Waals surface area contributed by atoms with Crippen molar-refractivity contribution in [2.24, 2.45) is 11.5 Å². The molecule has 0 aliphatic heterocycles. The maximum atomic E-state index is 5.13. The first kappa shape index (κ1) is 6.82. The lowest BCUT2D eigenvalue weighted by Gasteiger charge is -1.84. The molecule has 0 saturated heterocycles. The molecule has 0 aromatic rings. The van der Waals surface area contributed by atoms with Gasteiger partial charge in [0, 0.05) is 6.20 Å². The van der Waals surface area contributed by atoms with Gasteiger partial charge in [-0.2, -0.15) is 0 Å². The molecule has 0 fully saturated rings. The molecule has 2 heteroatoms. The SMILES string of the molecule is C=CC(/C=C/N)=C\N. The normalized spacial score (nSPS) is 12.2. The second-order valence-corrected chi connectivity index (χ2v) is 1.23. The predicted octanol–water partition coefficient (Wildman–Crippen LogP) is 0.487. The van der Waals surface area contributed by atoms with Crippen LogP contribution in [0.1, 0.15) is 0 Å². The number of allylic oxidation sites excluding steroid dienone is 3. The first-order valence-electron chi connectivity index (χ1n) is 2.27. The summed E-state index contributed by atoms with van der Waals surface area (Å²) in [4.78, 5) is 0. The molecule has 0 atom stereocenters. The fourth-order valence-electron chi connectivity index (χ4n) is 0.303. The van der Waals surface area contributed by atoms with E-state index in [1.807, 2.05) is 0 Å². The standard InChI is InChI=1S/C6H10N2/c1-2-6(5-8)3-4-7/h2-5H,1,7-8H2/b4-3+,6-5+. The van der Waals surface area contributed by atoms with Crippen LogP contribution in [0, 0.1) is 0 Å². The molecule has 0 aliphatic rings. The maximum Gasteiger partial charge on any atom is 0.00118 e. The average Bonchev–Trinajstić information content (AvgIpc) is 1.83. The van der Waals surface area contributed by atoms with Crippen LogP contribution < -0.4 is 11.5 Å². The van der Waals surface area contributed by atoms with Crippen LogP contribution in [0.15, 0.2) is 36.7 Å². The number of hydrogen-bond donors (Lipinski definition) is 2. The maximum absolute atomic E-state index is 5.13. The molecule has 0 spiro atoms. The molecule has 0 radical (unpaired) electrons. The fraction of sp³-hybridized carbons (Fsp3) is 0. The molecule has 0 aromatic heterocycles. The summed E-state index contributed by atoms with van der Waals surface area (Å²) in [6.07, 6.45) is 6.16. The molecule has 0 aliphatic carbocycles. The van der Waals surface area contributed by atoms with Crippen molar-refractivity contribution in [2.45, 2.75) is 0 Å². The molecule has 8 heavy (non-hydrogen) atoms. The molecule has 0 saturated carbocycles. The van der Waals surface area contributed by atoms with E-state index in [9.17, 15) is 0 Å². The van der Waals surface area contributed by atoms with E-state index in [0.29, 0.717) is 0 Å². The van der Waals surface area contributed by atoms with E-state index in [-0.39, 0.29) is 0 Å². The summed E-state index contributed by atoms with van der Waals surface area (Å²) < 4.78 is 0. The van der Waals surface area contributed by atoms with Crippen molar-refractivity contribution in [2.75, 3.05) is 0 Å². The van der Waals surface area contributed by atoms with Gasteiger partial charge in [-0.3, -0.25) is 0 Å². The summed E-state index contributed by atoms with van der Waals surface area (Å²) in [5, 5.41) is 0. The van der Waals surface area contributed by atoms with Crippen LogP contribution in [-0.4, -0.2) is 0 Å². The van der Waals surface area contributed by atoms with Gasteiger partial charge in [0.2, 0.25) is 0 Å². The van der Waals surface area contributed by atoms with Crippen LogP contribution in [0.2, 0.25) is 0 Å². The lowest BCUT2D eigenvalue weighted by atomic mass is 10.3. The first-order valence-corrected chi connectivity index (χ1v) is 2.27. The molecule has 0 bridgehead atoms. The number of nitrogens with two attached hydrogens (primary N) is 2. The molecule has 2 nitrogen and oxygen atoms in total. The van der Waals surface area contributed by atoms with Crippen molar-refractivity contribution in [1.29, 1.82) is 0 Å². The van der Waals surface area contributed by atoms with Crippen molar-refractivity contribution >= 4 is 0 Å². The van der Waals surface area contributed by atoms with Gasteiger partial charge in [-0.25, -0.2) is 0 Å². The van der Waals surface area contributed by atoms with E-state index in [0.717, 1.165) is 5.57 Å². The van der Waals surface area contributed by atoms with Gasteiger partial charge in [0.15, 0.2) is 0 Å². The van der Waals surface area contributed by atoms with E-state index in [1.165, 1.54) is 12.4 Å². The van der Waals surface area contributed by atoms with Crippen LogP contribution in [-0.2, 0) is 0 Å². The van der Waals surface area contributed by atoms with E-state index < -0.39 is 0 Å². The monoisotopic (exact) mass is 110 g/mol. The summed E-state index contributed by atoms with van der Waals surface area (Å²) in [7, 11) is 0. The minimum absolute atomic E-state index is 0.826. The molecule has 0 heterocycles. The second kappa shape index (κ2) is 3.99. The second-order valence-electron chi connectivity index (χ2n) is 1.23. The van der Waals surface area contributed by atoms with Crippen molar-refractivity contribution in [3.8, 4) is 0 Å². The molecule has 4 N–H and O–H groups in total. The molecule has 0 rings (SSSR count). The molecule has 44 valence electrons. The van der Waals surface area contributed by atoms with Crippen LogP contribution in [0.25, 0.3) is 0 Å². The Hall–Kier alpha value is -1.18. The zero-order valence-corrected chi connectivity index (χ0v) is 4.67. The first-order chi connectivity index (χ1) is 3.85. The Bertz CT molecular complexity index is 122. The quantitative estimate of drug-likeness (QED) is 0.508. The lowest BCUT2D eigenvalue weighted by Crippen LogP contribution is -1.83. The van der Waals surface area contributed by atoms with Gasteiger partial charge in [-0.05, 0) is 17.8 Å². The molecular weight excluding hydrogens is 100 g/mol. The van der Waals surface area contributed by atoms with Gasteiger partial charge < -0.3 is 11.5 Å². The van der Waals surface area contributed by atoms with Crippen LogP contribution >= 0.6 is 0 Å². The summed E-state index contributed by atoms with van der Waals surface area (Å²) in [6.45, 7) is 3.50. The molecule has 0 amide bonds. The van der Waals surface area contributed by atoms with Gasteiger partial charge in [0.05, 0.1) is 0 Å². The fourth-order valence-corrected chi connectivity index (χ4v) is 0.303. The van der Waals surface area contributed by atoms with Gasteiger partial charge in [-0.1, -0.05) is 12.7 Å². The Morgan fingerprint density at radius 3 is 2.12 bits per heavy atom. The third-order valence-corrected chi connectivity index (χ3v) is 0.717. The largest absolute Gasteiger partial charge is 0.405 e. The van der Waals surface area contributed by atoms with Crippen molar-refractivity contribution in [3.63, 3.8) is 0 Å². The van der Waals surface area contributed by atoms with Crippen LogP contribution in [0.5, 0.6) is 0 Å². The molecular formula is C6H10N2. The van der Waals surface area contributed by atoms with E-state index >= 15 is 0 Å². The van der Waals surface area contributed by atoms with Crippen LogP contribution in [0.4, 0.5) is 0 Å². The zero-order valence-electron chi connectivity index (χ0n) is 4.67. The molecule has 0 unspecified atom stereocenters. The van der Waals surface area contributed by atoms with Crippen LogP contribution in [0.3, 0.4) is 0 Å². The minimum Gasteiger partial charge on any atom is -0.405 e. The highest BCUT2D eigenvalue weighted by atomic mass is 14.5. The van der Waals surface area contributed by atoms with Crippen molar-refractivity contribution < 1.29 is 0 Å². The Morgan fingerprint density at radius 1 is 1.38 bits per heavy atom. The summed E-state index contributed by atoms with van der Waals surface area (Å²) in [5.74, 6) is 0. The number of hydrogen-bond acceptors (Lipinski definition) is 2. The minimum atomic E-state index is 0.826. The highest BCUT2D eigenvalue weighted by molar-refractivity contribution is 5.27. The topological polar surface area (TPSA) is 52.0 Å². The molecule has 0 aromatic carbocycles. The van der Waals surface area contributed by atoms with E-state index in [1.54, 1.807) is 12.2 Å². The Labute approximate surface area is 49.2 Å². The van der Waals surface area contributed by atoms with Gasteiger partial charge in [-0.15, -0.1) is 0 Å². The third kappa shape index (κ3) is 2.08. The summed E-state index contributed by atoms with van der Waals surface area (Å²) in [5.41, 5.74) is 11.0. The van der Waals surface area contributed by atoms with Gasteiger partial charge in [0.25, 0.3) is 0 Å². The zero-order chi connectivity index (χ0) is 6.41. The third-order valence-electron chi connectivity index (χ3n) is 0.717. The summed E-state index contributed by atoms with van der Waals surface area (Å²) in [6, 6.07) is 0. The van der Waals surface area contributed by atoms with Crippen molar-refractivity contribution in [1.82, 2.24) is 0 Å². The Morgan fingerprint density at radius 2 is 2.00 bits per heavy atom. The number of rotatable bonds is 2. The Balaban J connectivity index is 3.91. The van der Waals surface area contributed by atoms with E-state index in [2.05, 4.69) is 6.58 Å². The predicted molar refractivity (Wildman–Crippen MR) is 35.8 cm³/mol.